The van der Waals surface area contributed by atoms with Crippen molar-refractivity contribution >= 4 is 42.8 Å². The highest BCUT2D eigenvalue weighted by molar-refractivity contribution is 7.21. The molecule has 0 bridgehead atoms. The van der Waals surface area contributed by atoms with Crippen LogP contribution in [-0.4, -0.2) is 0 Å². The Balaban J connectivity index is 1.44. The lowest BCUT2D eigenvalue weighted by Gasteiger charge is -1.89. The first-order valence-corrected chi connectivity index (χ1v) is 10.8. The van der Waals surface area contributed by atoms with Crippen LogP contribution in [0.2, 0.25) is 0 Å². The van der Waals surface area contributed by atoms with E-state index in [9.17, 15) is 8.78 Å². The maximum absolute atomic E-state index is 13.0. The van der Waals surface area contributed by atoms with Crippen molar-refractivity contribution in [1.82, 2.24) is 0 Å². The molecular formula is C26H12F2S2. The standard InChI is InChI=1S/C26H12F2S2/c27-21-7-1-17(2-8-21)5-11-23-13-19-15-26-20(16-25(19)29-23)14-24(30-26)12-6-18-3-9-22(28)10-4-18/h1-4,7-10,13-16H. The van der Waals surface area contributed by atoms with Gasteiger partial charge in [0.2, 0.25) is 0 Å². The van der Waals surface area contributed by atoms with E-state index in [0.717, 1.165) is 31.7 Å². The molecule has 2 heterocycles. The second-order valence-electron chi connectivity index (χ2n) is 6.66. The molecule has 0 N–H and O–H groups in total. The average molecular weight is 427 g/mol. The van der Waals surface area contributed by atoms with Gasteiger partial charge in [0.15, 0.2) is 0 Å². The van der Waals surface area contributed by atoms with Crippen molar-refractivity contribution in [2.24, 2.45) is 0 Å². The fourth-order valence-electron chi connectivity index (χ4n) is 3.03. The molecule has 0 amide bonds. The topological polar surface area (TPSA) is 0 Å². The van der Waals surface area contributed by atoms with Crippen LogP contribution in [0.3, 0.4) is 0 Å². The summed E-state index contributed by atoms with van der Waals surface area (Å²) in [5.41, 5.74) is 1.58. The highest BCUT2D eigenvalue weighted by atomic mass is 32.1. The zero-order chi connectivity index (χ0) is 20.5. The van der Waals surface area contributed by atoms with Crippen molar-refractivity contribution in [3.05, 3.63) is 105 Å². The van der Waals surface area contributed by atoms with Crippen molar-refractivity contribution in [3.8, 4) is 23.7 Å². The van der Waals surface area contributed by atoms with Crippen LogP contribution in [0, 0.1) is 35.3 Å². The van der Waals surface area contributed by atoms with Gasteiger partial charge < -0.3 is 0 Å². The van der Waals surface area contributed by atoms with Crippen LogP contribution in [-0.2, 0) is 0 Å². The van der Waals surface area contributed by atoms with E-state index in [-0.39, 0.29) is 11.6 Å². The van der Waals surface area contributed by atoms with Crippen molar-refractivity contribution in [3.63, 3.8) is 0 Å². The molecule has 4 heteroatoms. The molecule has 0 spiro atoms. The first kappa shape index (κ1) is 18.6. The molecule has 0 nitrogen and oxygen atoms in total. The van der Waals surface area contributed by atoms with Crippen LogP contribution >= 0.6 is 22.7 Å². The lowest BCUT2D eigenvalue weighted by molar-refractivity contribution is 0.627. The SMILES string of the molecule is Fc1ccc(C#Cc2cc3cc4sc(C#Cc5ccc(F)cc5)cc4cc3s2)cc1. The Morgan fingerprint density at radius 2 is 0.900 bits per heavy atom. The molecule has 142 valence electrons. The minimum absolute atomic E-state index is 0.260. The molecule has 0 fully saturated rings. The van der Waals surface area contributed by atoms with Gasteiger partial charge >= 0.3 is 0 Å². The first-order valence-electron chi connectivity index (χ1n) is 9.15. The van der Waals surface area contributed by atoms with Gasteiger partial charge in [0.05, 0.1) is 9.75 Å². The Morgan fingerprint density at radius 1 is 0.500 bits per heavy atom. The lowest BCUT2D eigenvalue weighted by Crippen LogP contribution is -1.75. The zero-order valence-electron chi connectivity index (χ0n) is 15.5. The minimum Gasteiger partial charge on any atom is -0.207 e. The minimum atomic E-state index is -0.260. The lowest BCUT2D eigenvalue weighted by atomic mass is 10.2. The summed E-state index contributed by atoms with van der Waals surface area (Å²) in [7, 11) is 0. The summed E-state index contributed by atoms with van der Waals surface area (Å²) in [6.07, 6.45) is 0. The van der Waals surface area contributed by atoms with Gasteiger partial charge in [0.25, 0.3) is 0 Å². The van der Waals surface area contributed by atoms with Crippen LogP contribution in [0.5, 0.6) is 0 Å². The van der Waals surface area contributed by atoms with E-state index in [0.29, 0.717) is 0 Å². The molecule has 0 aliphatic heterocycles. The summed E-state index contributed by atoms with van der Waals surface area (Å²) < 4.78 is 28.3. The summed E-state index contributed by atoms with van der Waals surface area (Å²) in [5, 5.41) is 2.30. The fraction of sp³-hybridized carbons (Fsp3) is 0. The van der Waals surface area contributed by atoms with Crippen molar-refractivity contribution in [2.75, 3.05) is 0 Å². The predicted molar refractivity (Wildman–Crippen MR) is 122 cm³/mol. The van der Waals surface area contributed by atoms with Crippen molar-refractivity contribution in [2.45, 2.75) is 0 Å². The monoisotopic (exact) mass is 426 g/mol. The van der Waals surface area contributed by atoms with Gasteiger partial charge in [-0.2, -0.15) is 0 Å². The molecule has 3 aromatic carbocycles. The number of thiophene rings is 2. The van der Waals surface area contributed by atoms with Gasteiger partial charge in [-0.05, 0) is 83.6 Å². The molecule has 5 rings (SSSR count). The number of fused-ring (bicyclic) bond motifs is 2. The highest BCUT2D eigenvalue weighted by Gasteiger charge is 2.06. The Labute approximate surface area is 180 Å². The number of benzene rings is 3. The Hall–Kier alpha value is -3.44. The molecule has 0 atom stereocenters. The number of hydrogen-bond donors (Lipinski definition) is 0. The predicted octanol–water partition coefficient (Wildman–Crippen LogP) is 7.19. The van der Waals surface area contributed by atoms with Gasteiger partial charge in [0, 0.05) is 20.5 Å². The van der Waals surface area contributed by atoms with Crippen molar-refractivity contribution in [1.29, 1.82) is 0 Å². The maximum Gasteiger partial charge on any atom is 0.123 e. The van der Waals surface area contributed by atoms with E-state index >= 15 is 0 Å². The molecule has 30 heavy (non-hydrogen) atoms. The Morgan fingerprint density at radius 3 is 1.30 bits per heavy atom. The largest absolute Gasteiger partial charge is 0.207 e. The third-order valence-corrected chi connectivity index (χ3v) is 6.53. The number of halogens is 2. The van der Waals surface area contributed by atoms with Gasteiger partial charge in [-0.15, -0.1) is 22.7 Å². The Kier molecular flexibility index (Phi) is 4.81. The normalized spacial score (nSPS) is 10.5. The quantitative estimate of drug-likeness (QED) is 0.230. The fourth-order valence-corrected chi connectivity index (χ4v) is 4.92. The smallest absolute Gasteiger partial charge is 0.123 e. The molecule has 0 saturated heterocycles. The summed E-state index contributed by atoms with van der Waals surface area (Å²) >= 11 is 3.28. The maximum atomic E-state index is 13.0. The van der Waals surface area contributed by atoms with E-state index in [1.807, 2.05) is 0 Å². The average Bonchev–Trinajstić information content (AvgIpc) is 3.33. The van der Waals surface area contributed by atoms with Gasteiger partial charge in [-0.1, -0.05) is 23.7 Å². The number of rotatable bonds is 0. The van der Waals surface area contributed by atoms with Crippen LogP contribution in [0.15, 0.2) is 72.8 Å². The summed E-state index contributed by atoms with van der Waals surface area (Å²) in [4.78, 5) is 1.95. The summed E-state index contributed by atoms with van der Waals surface area (Å²) in [5.74, 6) is 12.0. The molecule has 0 aliphatic rings. The van der Waals surface area contributed by atoms with E-state index < -0.39 is 0 Å². The summed E-state index contributed by atoms with van der Waals surface area (Å²) in [6.45, 7) is 0. The van der Waals surface area contributed by atoms with Crippen molar-refractivity contribution < 1.29 is 8.78 Å². The van der Waals surface area contributed by atoms with Crippen LogP contribution < -0.4 is 0 Å². The third kappa shape index (κ3) is 3.98. The van der Waals surface area contributed by atoms with Crippen LogP contribution in [0.1, 0.15) is 20.9 Å². The molecule has 0 unspecified atom stereocenters. The molecule has 0 aliphatic carbocycles. The molecule has 0 radical (unpaired) electrons. The first-order chi connectivity index (χ1) is 14.6. The van der Waals surface area contributed by atoms with E-state index in [1.54, 1.807) is 46.9 Å². The van der Waals surface area contributed by atoms with Gasteiger partial charge in [0.1, 0.15) is 11.6 Å². The Bertz CT molecular complexity index is 1330. The van der Waals surface area contributed by atoms with E-state index in [1.165, 1.54) is 33.7 Å². The van der Waals surface area contributed by atoms with Gasteiger partial charge in [-0.25, -0.2) is 8.78 Å². The molecule has 5 aromatic rings. The summed E-state index contributed by atoms with van der Waals surface area (Å²) in [6, 6.07) is 20.9. The third-order valence-electron chi connectivity index (χ3n) is 4.50. The van der Waals surface area contributed by atoms with Crippen LogP contribution in [0.25, 0.3) is 20.2 Å². The van der Waals surface area contributed by atoms with Crippen LogP contribution in [0.4, 0.5) is 8.78 Å². The zero-order valence-corrected chi connectivity index (χ0v) is 17.1. The van der Waals surface area contributed by atoms with E-state index in [4.69, 9.17) is 0 Å². The molecular weight excluding hydrogens is 414 g/mol. The molecule has 2 aromatic heterocycles. The van der Waals surface area contributed by atoms with Gasteiger partial charge in [-0.3, -0.25) is 0 Å². The number of hydrogen-bond acceptors (Lipinski definition) is 2. The van der Waals surface area contributed by atoms with E-state index in [2.05, 4.69) is 47.9 Å². The second kappa shape index (κ2) is 7.76. The molecule has 0 saturated carbocycles. The second-order valence-corrected chi connectivity index (χ2v) is 8.83. The highest BCUT2D eigenvalue weighted by Crippen LogP contribution is 2.33.